The van der Waals surface area contributed by atoms with E-state index in [2.05, 4.69) is 10.1 Å². The van der Waals surface area contributed by atoms with E-state index >= 15 is 0 Å². The van der Waals surface area contributed by atoms with Crippen molar-refractivity contribution in [3.8, 4) is 10.7 Å². The molecule has 7 heteroatoms. The van der Waals surface area contributed by atoms with E-state index in [0.717, 1.165) is 4.88 Å². The summed E-state index contributed by atoms with van der Waals surface area (Å²) in [5, 5.41) is 5.92. The third-order valence-electron chi connectivity index (χ3n) is 2.80. The van der Waals surface area contributed by atoms with E-state index in [0.29, 0.717) is 24.8 Å². The number of rotatable bonds is 6. The summed E-state index contributed by atoms with van der Waals surface area (Å²) in [6.45, 7) is 2.90. The van der Waals surface area contributed by atoms with Gasteiger partial charge >= 0.3 is 5.97 Å². The number of hydrogen-bond donors (Lipinski definition) is 0. The fourth-order valence-electron chi connectivity index (χ4n) is 1.86. The molecule has 0 amide bonds. The van der Waals surface area contributed by atoms with Gasteiger partial charge in [-0.1, -0.05) is 18.1 Å². The lowest BCUT2D eigenvalue weighted by molar-refractivity contribution is -0.145. The average molecular weight is 295 g/mol. The molecule has 20 heavy (non-hydrogen) atoms. The number of carbonyl (C=O) groups is 1. The molecular formula is C13H17N3O3S. The molecule has 1 unspecified atom stereocenters. The van der Waals surface area contributed by atoms with Gasteiger partial charge in [-0.25, -0.2) is 0 Å². The van der Waals surface area contributed by atoms with E-state index < -0.39 is 0 Å². The molecule has 2 aromatic heterocycles. The molecule has 1 atom stereocenters. The minimum atomic E-state index is -0.221. The molecule has 0 spiro atoms. The zero-order chi connectivity index (χ0) is 14.5. The van der Waals surface area contributed by atoms with E-state index in [4.69, 9.17) is 9.26 Å². The Morgan fingerprint density at radius 2 is 2.40 bits per heavy atom. The predicted molar refractivity (Wildman–Crippen MR) is 75.1 cm³/mol. The van der Waals surface area contributed by atoms with Gasteiger partial charge in [-0.15, -0.1) is 11.3 Å². The fraction of sp³-hybridized carbons (Fsp3) is 0.462. The van der Waals surface area contributed by atoms with Crippen LogP contribution in [0, 0.1) is 5.92 Å². The Morgan fingerprint density at radius 1 is 1.60 bits per heavy atom. The number of methoxy groups -OCH3 is 1. The van der Waals surface area contributed by atoms with Crippen LogP contribution >= 0.6 is 11.3 Å². The maximum atomic E-state index is 11.4. The average Bonchev–Trinajstić information content (AvgIpc) is 3.07. The lowest BCUT2D eigenvalue weighted by Gasteiger charge is -2.17. The highest BCUT2D eigenvalue weighted by Crippen LogP contribution is 2.21. The maximum Gasteiger partial charge on any atom is 0.309 e. The van der Waals surface area contributed by atoms with Crippen LogP contribution in [0.4, 0.5) is 0 Å². The van der Waals surface area contributed by atoms with Crippen LogP contribution in [-0.4, -0.2) is 41.7 Å². The van der Waals surface area contributed by atoms with Gasteiger partial charge in [-0.2, -0.15) is 4.98 Å². The molecule has 0 fully saturated rings. The third-order valence-corrected chi connectivity index (χ3v) is 3.67. The van der Waals surface area contributed by atoms with E-state index in [9.17, 15) is 4.79 Å². The first-order valence-electron chi connectivity index (χ1n) is 6.23. The number of hydrogen-bond acceptors (Lipinski definition) is 7. The number of ether oxygens (including phenoxy) is 1. The standard InChI is InChI=1S/C13H17N3O3S/c1-9(13(17)18-3)7-16(2)8-11-14-12(15-19-11)10-5-4-6-20-10/h4-6,9H,7-8H2,1-3H3. The zero-order valence-corrected chi connectivity index (χ0v) is 12.5. The van der Waals surface area contributed by atoms with Gasteiger partial charge in [0.15, 0.2) is 0 Å². The highest BCUT2D eigenvalue weighted by Gasteiger charge is 2.17. The Bertz CT molecular complexity index is 553. The van der Waals surface area contributed by atoms with Gasteiger partial charge in [0.25, 0.3) is 0 Å². The Kier molecular flexibility index (Phi) is 4.86. The second-order valence-electron chi connectivity index (χ2n) is 4.61. The Morgan fingerprint density at radius 3 is 3.05 bits per heavy atom. The quantitative estimate of drug-likeness (QED) is 0.760. The second kappa shape index (κ2) is 6.62. The van der Waals surface area contributed by atoms with Gasteiger partial charge in [0.05, 0.1) is 24.4 Å². The summed E-state index contributed by atoms with van der Waals surface area (Å²) in [6, 6.07) is 3.89. The zero-order valence-electron chi connectivity index (χ0n) is 11.7. The van der Waals surface area contributed by atoms with Gasteiger partial charge in [0.1, 0.15) is 0 Å². The Labute approximate surface area is 121 Å². The predicted octanol–water partition coefficient (Wildman–Crippen LogP) is 2.04. The van der Waals surface area contributed by atoms with Crippen molar-refractivity contribution < 1.29 is 14.1 Å². The summed E-state index contributed by atoms with van der Waals surface area (Å²) in [6.07, 6.45) is 0. The van der Waals surface area contributed by atoms with E-state index in [-0.39, 0.29) is 11.9 Å². The van der Waals surface area contributed by atoms with Gasteiger partial charge in [0.2, 0.25) is 11.7 Å². The Balaban J connectivity index is 1.92. The molecule has 2 heterocycles. The van der Waals surface area contributed by atoms with Gasteiger partial charge in [0, 0.05) is 6.54 Å². The van der Waals surface area contributed by atoms with Crippen LogP contribution in [-0.2, 0) is 16.1 Å². The number of nitrogens with zero attached hydrogens (tertiary/aromatic N) is 3. The molecule has 0 aromatic carbocycles. The van der Waals surface area contributed by atoms with Gasteiger partial charge in [-0.3, -0.25) is 9.69 Å². The summed E-state index contributed by atoms with van der Waals surface area (Å²) >= 11 is 1.57. The van der Waals surface area contributed by atoms with Crippen LogP contribution < -0.4 is 0 Å². The number of thiophene rings is 1. The minimum Gasteiger partial charge on any atom is -0.469 e. The summed E-state index contributed by atoms with van der Waals surface area (Å²) in [4.78, 5) is 18.6. The van der Waals surface area contributed by atoms with Crippen molar-refractivity contribution in [1.82, 2.24) is 15.0 Å². The number of carbonyl (C=O) groups excluding carboxylic acids is 1. The third kappa shape index (κ3) is 3.64. The van der Waals surface area contributed by atoms with E-state index in [1.54, 1.807) is 11.3 Å². The molecule has 0 aliphatic heterocycles. The van der Waals surface area contributed by atoms with Crippen molar-refractivity contribution in [2.75, 3.05) is 20.7 Å². The van der Waals surface area contributed by atoms with Crippen molar-refractivity contribution in [2.24, 2.45) is 5.92 Å². The van der Waals surface area contributed by atoms with Crippen molar-refractivity contribution in [3.63, 3.8) is 0 Å². The van der Waals surface area contributed by atoms with Crippen molar-refractivity contribution in [2.45, 2.75) is 13.5 Å². The maximum absolute atomic E-state index is 11.4. The highest BCUT2D eigenvalue weighted by atomic mass is 32.1. The molecule has 0 aliphatic rings. The SMILES string of the molecule is COC(=O)C(C)CN(C)Cc1nc(-c2cccs2)no1. The number of aromatic nitrogens is 2. The summed E-state index contributed by atoms with van der Waals surface area (Å²) in [7, 11) is 3.29. The van der Waals surface area contributed by atoms with Gasteiger partial charge < -0.3 is 9.26 Å². The van der Waals surface area contributed by atoms with Gasteiger partial charge in [-0.05, 0) is 18.5 Å². The molecule has 2 rings (SSSR count). The molecule has 0 saturated carbocycles. The molecular weight excluding hydrogens is 278 g/mol. The first-order chi connectivity index (χ1) is 9.60. The molecule has 0 radical (unpaired) electrons. The summed E-state index contributed by atoms with van der Waals surface area (Å²) in [5.41, 5.74) is 0. The van der Waals surface area contributed by atoms with E-state index in [1.165, 1.54) is 7.11 Å². The first-order valence-corrected chi connectivity index (χ1v) is 7.11. The van der Waals surface area contributed by atoms with Crippen LogP contribution in [0.5, 0.6) is 0 Å². The lowest BCUT2D eigenvalue weighted by Crippen LogP contribution is -2.29. The Hall–Kier alpha value is -1.73. The van der Waals surface area contributed by atoms with Crippen molar-refractivity contribution in [1.29, 1.82) is 0 Å². The first kappa shape index (κ1) is 14.7. The largest absolute Gasteiger partial charge is 0.469 e. The number of esters is 1. The molecule has 0 N–H and O–H groups in total. The second-order valence-corrected chi connectivity index (χ2v) is 5.56. The fourth-order valence-corrected chi connectivity index (χ4v) is 2.51. The van der Waals surface area contributed by atoms with Crippen molar-refractivity contribution >= 4 is 17.3 Å². The summed E-state index contributed by atoms with van der Waals surface area (Å²) < 4.78 is 9.92. The smallest absolute Gasteiger partial charge is 0.309 e. The molecule has 108 valence electrons. The molecule has 0 bridgehead atoms. The van der Waals surface area contributed by atoms with Crippen LogP contribution in [0.1, 0.15) is 12.8 Å². The molecule has 0 saturated heterocycles. The van der Waals surface area contributed by atoms with E-state index in [1.807, 2.05) is 36.4 Å². The minimum absolute atomic E-state index is 0.190. The monoisotopic (exact) mass is 295 g/mol. The van der Waals surface area contributed by atoms with Crippen LogP contribution in [0.3, 0.4) is 0 Å². The molecule has 6 nitrogen and oxygen atoms in total. The van der Waals surface area contributed by atoms with Crippen LogP contribution in [0.25, 0.3) is 10.7 Å². The topological polar surface area (TPSA) is 68.5 Å². The molecule has 0 aliphatic carbocycles. The van der Waals surface area contributed by atoms with Crippen molar-refractivity contribution in [3.05, 3.63) is 23.4 Å². The van der Waals surface area contributed by atoms with Crippen LogP contribution in [0.2, 0.25) is 0 Å². The lowest BCUT2D eigenvalue weighted by atomic mass is 10.2. The normalized spacial score (nSPS) is 12.6. The molecule has 2 aromatic rings. The van der Waals surface area contributed by atoms with Crippen LogP contribution in [0.15, 0.2) is 22.0 Å². The summed E-state index contributed by atoms with van der Waals surface area (Å²) in [5.74, 6) is 0.726. The highest BCUT2D eigenvalue weighted by molar-refractivity contribution is 7.13.